The maximum absolute atomic E-state index is 5.76. The van der Waals surface area contributed by atoms with E-state index in [9.17, 15) is 0 Å². The van der Waals surface area contributed by atoms with Crippen LogP contribution in [0.2, 0.25) is 0 Å². The minimum atomic E-state index is 0.209. The van der Waals surface area contributed by atoms with Gasteiger partial charge in [0.15, 0.2) is 11.4 Å². The molecular formula is C13H13N5O. The molecule has 0 atom stereocenters. The van der Waals surface area contributed by atoms with Gasteiger partial charge in [-0.25, -0.2) is 9.97 Å². The molecule has 0 bridgehead atoms. The summed E-state index contributed by atoms with van der Waals surface area (Å²) in [6, 6.07) is 3.63. The minimum Gasteiger partial charge on any atom is -0.463 e. The Bertz CT molecular complexity index is 727. The second-order valence-corrected chi connectivity index (χ2v) is 4.05. The van der Waals surface area contributed by atoms with Gasteiger partial charge >= 0.3 is 0 Å². The monoisotopic (exact) mass is 255 g/mol. The number of nitrogens with two attached hydrogens (primary N) is 1. The van der Waals surface area contributed by atoms with Crippen molar-refractivity contribution >= 4 is 17.1 Å². The summed E-state index contributed by atoms with van der Waals surface area (Å²) in [7, 11) is 0. The van der Waals surface area contributed by atoms with Gasteiger partial charge in [0, 0.05) is 6.54 Å². The Morgan fingerprint density at radius 1 is 1.42 bits per heavy atom. The van der Waals surface area contributed by atoms with Crippen LogP contribution in [0.5, 0.6) is 0 Å². The lowest BCUT2D eigenvalue weighted by atomic mass is 10.3. The van der Waals surface area contributed by atoms with Crippen molar-refractivity contribution in [2.24, 2.45) is 0 Å². The molecule has 0 aromatic carbocycles. The normalized spacial score (nSPS) is 11.6. The van der Waals surface area contributed by atoms with E-state index in [0.29, 0.717) is 29.2 Å². The largest absolute Gasteiger partial charge is 0.463 e. The Morgan fingerprint density at radius 2 is 2.32 bits per heavy atom. The quantitative estimate of drug-likeness (QED) is 0.726. The van der Waals surface area contributed by atoms with Crippen LogP contribution >= 0.6 is 0 Å². The molecule has 0 aliphatic heterocycles. The highest BCUT2D eigenvalue weighted by Gasteiger charge is 2.15. The van der Waals surface area contributed by atoms with E-state index in [0.717, 1.165) is 0 Å². The van der Waals surface area contributed by atoms with Gasteiger partial charge in [-0.1, -0.05) is 12.2 Å². The molecule has 0 aliphatic rings. The van der Waals surface area contributed by atoms with Crippen molar-refractivity contribution in [3.05, 3.63) is 36.9 Å². The van der Waals surface area contributed by atoms with Crippen molar-refractivity contribution < 1.29 is 4.42 Å². The summed E-state index contributed by atoms with van der Waals surface area (Å²) in [4.78, 5) is 12.8. The summed E-state index contributed by atoms with van der Waals surface area (Å²) in [5, 5.41) is 0. The molecular weight excluding hydrogens is 242 g/mol. The number of nitrogens with zero attached hydrogens (tertiary/aromatic N) is 4. The molecule has 2 N–H and O–H groups in total. The Balaban J connectivity index is 2.21. The predicted molar refractivity (Wildman–Crippen MR) is 72.3 cm³/mol. The maximum Gasteiger partial charge on any atom is 0.222 e. The first-order chi connectivity index (χ1) is 9.29. The number of nitrogen functional groups attached to an aromatic ring is 1. The van der Waals surface area contributed by atoms with E-state index >= 15 is 0 Å². The second-order valence-electron chi connectivity index (χ2n) is 4.05. The van der Waals surface area contributed by atoms with Crippen molar-refractivity contribution in [2.45, 2.75) is 13.5 Å². The summed E-state index contributed by atoms with van der Waals surface area (Å²) >= 11 is 0. The van der Waals surface area contributed by atoms with Gasteiger partial charge in [0.1, 0.15) is 11.2 Å². The highest BCUT2D eigenvalue weighted by Crippen LogP contribution is 2.25. The number of furan rings is 1. The average molecular weight is 255 g/mol. The molecule has 0 unspecified atom stereocenters. The van der Waals surface area contributed by atoms with Crippen molar-refractivity contribution in [2.75, 3.05) is 5.73 Å². The maximum atomic E-state index is 5.76. The number of anilines is 1. The summed E-state index contributed by atoms with van der Waals surface area (Å²) in [5.41, 5.74) is 7.78. The number of aromatic nitrogens is 4. The summed E-state index contributed by atoms with van der Waals surface area (Å²) in [6.07, 6.45) is 7.32. The number of fused-ring (bicyclic) bond motifs is 1. The molecule has 0 aliphatic carbocycles. The van der Waals surface area contributed by atoms with Crippen LogP contribution in [0.4, 0.5) is 5.95 Å². The smallest absolute Gasteiger partial charge is 0.222 e. The molecule has 3 heterocycles. The fourth-order valence-electron chi connectivity index (χ4n) is 1.90. The molecule has 0 amide bonds. The van der Waals surface area contributed by atoms with E-state index in [4.69, 9.17) is 10.2 Å². The Labute approximate surface area is 109 Å². The van der Waals surface area contributed by atoms with Crippen molar-refractivity contribution in [3.63, 3.8) is 0 Å². The van der Waals surface area contributed by atoms with Crippen LogP contribution in [-0.2, 0) is 6.54 Å². The van der Waals surface area contributed by atoms with Gasteiger partial charge in [-0.3, -0.25) is 0 Å². The van der Waals surface area contributed by atoms with Crippen LogP contribution in [-0.4, -0.2) is 19.5 Å². The van der Waals surface area contributed by atoms with E-state index in [1.807, 2.05) is 29.7 Å². The molecule has 96 valence electrons. The van der Waals surface area contributed by atoms with E-state index in [-0.39, 0.29) is 5.95 Å². The number of allylic oxidation sites excluding steroid dienone is 2. The number of imidazole rings is 1. The summed E-state index contributed by atoms with van der Waals surface area (Å²) in [6.45, 7) is 2.66. The third-order valence-corrected chi connectivity index (χ3v) is 2.77. The van der Waals surface area contributed by atoms with Gasteiger partial charge in [-0.05, 0) is 19.1 Å². The van der Waals surface area contributed by atoms with Gasteiger partial charge < -0.3 is 14.7 Å². The van der Waals surface area contributed by atoms with Crippen LogP contribution < -0.4 is 5.73 Å². The Hall–Kier alpha value is -2.63. The molecule has 3 rings (SSSR count). The van der Waals surface area contributed by atoms with Gasteiger partial charge in [-0.15, -0.1) is 0 Å². The van der Waals surface area contributed by atoms with Crippen LogP contribution in [0.25, 0.3) is 22.6 Å². The predicted octanol–water partition coefficient (Wildman–Crippen LogP) is 2.24. The molecule has 3 aromatic heterocycles. The van der Waals surface area contributed by atoms with Crippen LogP contribution in [0, 0.1) is 0 Å². The molecule has 19 heavy (non-hydrogen) atoms. The molecule has 0 fully saturated rings. The zero-order chi connectivity index (χ0) is 13.2. The Morgan fingerprint density at radius 3 is 3.05 bits per heavy atom. The van der Waals surface area contributed by atoms with E-state index in [2.05, 4.69) is 15.0 Å². The van der Waals surface area contributed by atoms with Crippen LogP contribution in [0.3, 0.4) is 0 Å². The highest BCUT2D eigenvalue weighted by atomic mass is 16.3. The molecule has 0 saturated heterocycles. The molecule has 6 nitrogen and oxygen atoms in total. The number of rotatable bonds is 3. The zero-order valence-electron chi connectivity index (χ0n) is 10.4. The lowest BCUT2D eigenvalue weighted by Gasteiger charge is -2.02. The highest BCUT2D eigenvalue weighted by molar-refractivity contribution is 5.86. The van der Waals surface area contributed by atoms with Gasteiger partial charge in [0.25, 0.3) is 0 Å². The third-order valence-electron chi connectivity index (χ3n) is 2.77. The molecule has 0 spiro atoms. The number of hydrogen-bond donors (Lipinski definition) is 1. The first kappa shape index (κ1) is 11.5. The van der Waals surface area contributed by atoms with Crippen molar-refractivity contribution in [1.82, 2.24) is 19.5 Å². The molecule has 6 heteroatoms. The van der Waals surface area contributed by atoms with Crippen molar-refractivity contribution in [3.8, 4) is 11.5 Å². The van der Waals surface area contributed by atoms with Crippen LogP contribution in [0.15, 0.2) is 41.3 Å². The summed E-state index contributed by atoms with van der Waals surface area (Å²) < 4.78 is 7.28. The van der Waals surface area contributed by atoms with Gasteiger partial charge in [0.05, 0.1) is 12.6 Å². The minimum absolute atomic E-state index is 0.209. The lowest BCUT2D eigenvalue weighted by Crippen LogP contribution is -2.01. The van der Waals surface area contributed by atoms with Gasteiger partial charge in [0.2, 0.25) is 5.95 Å². The zero-order valence-corrected chi connectivity index (χ0v) is 10.4. The number of hydrogen-bond acceptors (Lipinski definition) is 5. The van der Waals surface area contributed by atoms with E-state index in [1.165, 1.54) is 0 Å². The van der Waals surface area contributed by atoms with Crippen molar-refractivity contribution in [1.29, 1.82) is 0 Å². The first-order valence-electron chi connectivity index (χ1n) is 5.93. The molecule has 0 saturated carbocycles. The summed E-state index contributed by atoms with van der Waals surface area (Å²) in [5.74, 6) is 0.844. The van der Waals surface area contributed by atoms with Crippen LogP contribution in [0.1, 0.15) is 6.92 Å². The van der Waals surface area contributed by atoms with E-state index in [1.54, 1.807) is 18.7 Å². The molecule has 3 aromatic rings. The molecule has 0 radical (unpaired) electrons. The average Bonchev–Trinajstić information content (AvgIpc) is 3.05. The Kier molecular flexibility index (Phi) is 2.75. The standard InChI is InChI=1S/C13H13N5O/c1-2-3-6-18-8-15-11-10(9-5-4-7-19-9)16-13(14)17-12(11)18/h2-5,7-8H,6H2,1H3,(H2,14,16,17). The first-order valence-corrected chi connectivity index (χ1v) is 5.93. The fraction of sp³-hybridized carbons (Fsp3) is 0.154. The van der Waals surface area contributed by atoms with Gasteiger partial charge in [-0.2, -0.15) is 4.98 Å². The third kappa shape index (κ3) is 1.97. The van der Waals surface area contributed by atoms with E-state index < -0.39 is 0 Å². The topological polar surface area (TPSA) is 82.8 Å². The fourth-order valence-corrected chi connectivity index (χ4v) is 1.90. The second kappa shape index (κ2) is 4.56. The lowest BCUT2D eigenvalue weighted by molar-refractivity contribution is 0.580. The SMILES string of the molecule is CC=CCn1cnc2c(-c3ccco3)nc(N)nc21.